The van der Waals surface area contributed by atoms with Gasteiger partial charge in [0.05, 0.1) is 12.7 Å². The van der Waals surface area contributed by atoms with Crippen LogP contribution in [0, 0.1) is 5.82 Å². The Morgan fingerprint density at radius 2 is 1.92 bits per heavy atom. The molecular formula is C19H21FN2O2. The topological polar surface area (TPSA) is 41.6 Å². The molecule has 1 atom stereocenters. The van der Waals surface area contributed by atoms with Gasteiger partial charge >= 0.3 is 0 Å². The number of ether oxygens (including phenoxy) is 1. The maximum absolute atomic E-state index is 14.5. The second-order valence-electron chi connectivity index (χ2n) is 5.97. The van der Waals surface area contributed by atoms with Crippen molar-refractivity contribution in [3.8, 4) is 16.9 Å². The lowest BCUT2D eigenvalue weighted by Gasteiger charge is -2.34. The van der Waals surface area contributed by atoms with Gasteiger partial charge in [-0.2, -0.15) is 0 Å². The monoisotopic (exact) mass is 328 g/mol. The molecule has 0 bridgehead atoms. The highest BCUT2D eigenvalue weighted by molar-refractivity contribution is 5.95. The van der Waals surface area contributed by atoms with Crippen molar-refractivity contribution in [2.75, 3.05) is 26.7 Å². The summed E-state index contributed by atoms with van der Waals surface area (Å²) in [6.45, 7) is 4.03. The molecule has 24 heavy (non-hydrogen) atoms. The lowest BCUT2D eigenvalue weighted by Crippen LogP contribution is -2.52. The van der Waals surface area contributed by atoms with Crippen molar-refractivity contribution in [2.45, 2.75) is 13.0 Å². The minimum absolute atomic E-state index is 0.0620. The Bertz CT molecular complexity index is 731. The van der Waals surface area contributed by atoms with Crippen molar-refractivity contribution >= 4 is 5.91 Å². The molecule has 1 N–H and O–H groups in total. The normalized spacial score (nSPS) is 17.6. The van der Waals surface area contributed by atoms with Crippen LogP contribution in [0.15, 0.2) is 42.5 Å². The van der Waals surface area contributed by atoms with E-state index in [2.05, 4.69) is 5.32 Å². The third kappa shape index (κ3) is 3.26. The summed E-state index contributed by atoms with van der Waals surface area (Å²) in [4.78, 5) is 14.3. The maximum Gasteiger partial charge on any atom is 0.257 e. The van der Waals surface area contributed by atoms with Gasteiger partial charge in [0.2, 0.25) is 0 Å². The Kier molecular flexibility index (Phi) is 4.81. The molecule has 2 aromatic rings. The molecule has 4 nitrogen and oxygen atoms in total. The molecule has 0 aromatic heterocycles. The highest BCUT2D eigenvalue weighted by Gasteiger charge is 2.26. The van der Waals surface area contributed by atoms with Gasteiger partial charge < -0.3 is 15.0 Å². The first kappa shape index (κ1) is 16.5. The van der Waals surface area contributed by atoms with Gasteiger partial charge in [-0.15, -0.1) is 0 Å². The van der Waals surface area contributed by atoms with E-state index in [0.717, 1.165) is 30.0 Å². The quantitative estimate of drug-likeness (QED) is 0.942. The van der Waals surface area contributed by atoms with E-state index in [4.69, 9.17) is 4.74 Å². The fourth-order valence-electron chi connectivity index (χ4n) is 2.95. The first-order chi connectivity index (χ1) is 11.6. The van der Waals surface area contributed by atoms with Crippen LogP contribution in [-0.4, -0.2) is 43.6 Å². The molecule has 1 saturated heterocycles. The van der Waals surface area contributed by atoms with Gasteiger partial charge in [0.15, 0.2) is 0 Å². The molecule has 3 rings (SSSR count). The number of amides is 1. The highest BCUT2D eigenvalue weighted by atomic mass is 19.1. The van der Waals surface area contributed by atoms with E-state index in [-0.39, 0.29) is 17.5 Å². The summed E-state index contributed by atoms with van der Waals surface area (Å²) in [7, 11) is 1.60. The molecule has 1 aliphatic heterocycles. The van der Waals surface area contributed by atoms with Gasteiger partial charge in [0.1, 0.15) is 11.6 Å². The van der Waals surface area contributed by atoms with Gasteiger partial charge in [-0.05, 0) is 42.3 Å². The summed E-state index contributed by atoms with van der Waals surface area (Å²) in [5, 5.41) is 3.23. The Morgan fingerprint density at radius 1 is 1.21 bits per heavy atom. The predicted octanol–water partition coefficient (Wildman–Crippen LogP) is 2.94. The minimum Gasteiger partial charge on any atom is -0.497 e. The molecule has 0 radical (unpaired) electrons. The third-order valence-electron chi connectivity index (χ3n) is 4.38. The van der Waals surface area contributed by atoms with Crippen molar-refractivity contribution in [1.29, 1.82) is 0 Å². The molecule has 1 heterocycles. The largest absolute Gasteiger partial charge is 0.497 e. The van der Waals surface area contributed by atoms with Crippen molar-refractivity contribution in [2.24, 2.45) is 0 Å². The van der Waals surface area contributed by atoms with E-state index in [9.17, 15) is 9.18 Å². The second kappa shape index (κ2) is 7.01. The Morgan fingerprint density at radius 3 is 2.54 bits per heavy atom. The smallest absolute Gasteiger partial charge is 0.257 e. The molecule has 0 aliphatic carbocycles. The SMILES string of the molecule is COc1ccc(-c2ccc(C(=O)N3CCNCC3C)c(F)c2)cc1. The molecule has 126 valence electrons. The van der Waals surface area contributed by atoms with E-state index >= 15 is 0 Å². The van der Waals surface area contributed by atoms with Crippen LogP contribution < -0.4 is 10.1 Å². The number of nitrogens with zero attached hydrogens (tertiary/aromatic N) is 1. The molecule has 1 fully saturated rings. The zero-order valence-electron chi connectivity index (χ0n) is 13.9. The van der Waals surface area contributed by atoms with Crippen LogP contribution in [-0.2, 0) is 0 Å². The zero-order chi connectivity index (χ0) is 17.1. The summed E-state index contributed by atoms with van der Waals surface area (Å²) in [5.41, 5.74) is 1.74. The fraction of sp³-hybridized carbons (Fsp3) is 0.316. The Hall–Kier alpha value is -2.40. The van der Waals surface area contributed by atoms with Crippen LogP contribution in [0.25, 0.3) is 11.1 Å². The molecule has 1 aliphatic rings. The second-order valence-corrected chi connectivity index (χ2v) is 5.97. The molecular weight excluding hydrogens is 307 g/mol. The van der Waals surface area contributed by atoms with Gasteiger partial charge in [0.25, 0.3) is 5.91 Å². The maximum atomic E-state index is 14.5. The molecule has 5 heteroatoms. The number of methoxy groups -OCH3 is 1. The summed E-state index contributed by atoms with van der Waals surface area (Å²) >= 11 is 0. The van der Waals surface area contributed by atoms with Gasteiger partial charge in [0, 0.05) is 25.7 Å². The van der Waals surface area contributed by atoms with E-state index in [1.165, 1.54) is 6.07 Å². The van der Waals surface area contributed by atoms with Crippen LogP contribution in [0.5, 0.6) is 5.75 Å². The van der Waals surface area contributed by atoms with E-state index < -0.39 is 5.82 Å². The number of carbonyl (C=O) groups is 1. The standard InChI is InChI=1S/C19H21FN2O2/c1-13-12-21-9-10-22(13)19(23)17-8-5-15(11-18(17)20)14-3-6-16(24-2)7-4-14/h3-8,11,13,21H,9-10,12H2,1-2H3. The average Bonchev–Trinajstić information content (AvgIpc) is 2.61. The lowest BCUT2D eigenvalue weighted by atomic mass is 10.0. The van der Waals surface area contributed by atoms with Crippen molar-refractivity contribution in [3.05, 3.63) is 53.8 Å². The van der Waals surface area contributed by atoms with Gasteiger partial charge in [-0.3, -0.25) is 4.79 Å². The van der Waals surface area contributed by atoms with E-state index in [1.807, 2.05) is 31.2 Å². The molecule has 0 spiro atoms. The summed E-state index contributed by atoms with van der Waals surface area (Å²) in [5.74, 6) is 0.0144. The van der Waals surface area contributed by atoms with Crippen molar-refractivity contribution in [1.82, 2.24) is 10.2 Å². The average molecular weight is 328 g/mol. The van der Waals surface area contributed by atoms with Crippen LogP contribution in [0.3, 0.4) is 0 Å². The number of hydrogen-bond donors (Lipinski definition) is 1. The summed E-state index contributed by atoms with van der Waals surface area (Å²) in [6.07, 6.45) is 0. The Balaban J connectivity index is 1.85. The first-order valence-corrected chi connectivity index (χ1v) is 8.06. The number of piperazine rings is 1. The number of benzene rings is 2. The van der Waals surface area contributed by atoms with Gasteiger partial charge in [-0.1, -0.05) is 18.2 Å². The number of halogens is 1. The van der Waals surface area contributed by atoms with Crippen LogP contribution in [0.2, 0.25) is 0 Å². The summed E-state index contributed by atoms with van der Waals surface area (Å²) in [6, 6.07) is 12.2. The first-order valence-electron chi connectivity index (χ1n) is 8.06. The van der Waals surface area contributed by atoms with Crippen LogP contribution in [0.1, 0.15) is 17.3 Å². The fourth-order valence-corrected chi connectivity index (χ4v) is 2.95. The zero-order valence-corrected chi connectivity index (χ0v) is 13.9. The predicted molar refractivity (Wildman–Crippen MR) is 91.8 cm³/mol. The Labute approximate surface area is 141 Å². The van der Waals surface area contributed by atoms with E-state index in [0.29, 0.717) is 6.54 Å². The molecule has 1 amide bonds. The minimum atomic E-state index is -0.487. The molecule has 0 saturated carbocycles. The molecule has 2 aromatic carbocycles. The van der Waals surface area contributed by atoms with E-state index in [1.54, 1.807) is 24.1 Å². The van der Waals surface area contributed by atoms with Crippen LogP contribution in [0.4, 0.5) is 4.39 Å². The number of hydrogen-bond acceptors (Lipinski definition) is 3. The number of carbonyl (C=O) groups excluding carboxylic acids is 1. The summed E-state index contributed by atoms with van der Waals surface area (Å²) < 4.78 is 19.7. The molecule has 1 unspecified atom stereocenters. The lowest BCUT2D eigenvalue weighted by molar-refractivity contribution is 0.0651. The van der Waals surface area contributed by atoms with Crippen molar-refractivity contribution < 1.29 is 13.9 Å². The van der Waals surface area contributed by atoms with Crippen molar-refractivity contribution in [3.63, 3.8) is 0 Å². The number of nitrogens with one attached hydrogen (secondary N) is 1. The van der Waals surface area contributed by atoms with Gasteiger partial charge in [-0.25, -0.2) is 4.39 Å². The van der Waals surface area contributed by atoms with Crippen LogP contribution >= 0.6 is 0 Å². The third-order valence-corrected chi connectivity index (χ3v) is 4.38. The highest BCUT2D eigenvalue weighted by Crippen LogP contribution is 2.25. The number of rotatable bonds is 3.